The molecule has 0 bridgehead atoms. The lowest BCUT2D eigenvalue weighted by Gasteiger charge is -2.14. The van der Waals surface area contributed by atoms with Crippen molar-refractivity contribution >= 4 is 28.2 Å². The Morgan fingerprint density at radius 2 is 1.85 bits per heavy atom. The summed E-state index contributed by atoms with van der Waals surface area (Å²) in [5, 5.41) is 3.42. The third-order valence-electron chi connectivity index (χ3n) is 4.23. The van der Waals surface area contributed by atoms with Crippen LogP contribution in [0.4, 0.5) is 5.00 Å². The van der Waals surface area contributed by atoms with Crippen LogP contribution in [0.5, 0.6) is 5.75 Å². The molecule has 27 heavy (non-hydrogen) atoms. The Hall–Kier alpha value is -2.38. The number of likely N-dealkylation sites (N-methyl/N-ethyl adjacent to an activating group) is 1. The highest BCUT2D eigenvalue weighted by Crippen LogP contribution is 2.32. The fraction of sp³-hybridized carbons (Fsp3) is 0.400. The Morgan fingerprint density at radius 1 is 1.19 bits per heavy atom. The van der Waals surface area contributed by atoms with Gasteiger partial charge < -0.3 is 19.7 Å². The van der Waals surface area contributed by atoms with Crippen LogP contribution >= 0.6 is 11.3 Å². The Balaban J connectivity index is 1.97. The van der Waals surface area contributed by atoms with Crippen LogP contribution in [0.15, 0.2) is 24.3 Å². The van der Waals surface area contributed by atoms with Gasteiger partial charge in [0.25, 0.3) is 5.91 Å². The summed E-state index contributed by atoms with van der Waals surface area (Å²) < 4.78 is 10.3. The largest absolute Gasteiger partial charge is 0.494 e. The van der Waals surface area contributed by atoms with E-state index in [9.17, 15) is 9.59 Å². The molecule has 2 N–H and O–H groups in total. The summed E-state index contributed by atoms with van der Waals surface area (Å²) in [7, 11) is 3.30. The predicted molar refractivity (Wildman–Crippen MR) is 107 cm³/mol. The lowest BCUT2D eigenvalue weighted by atomic mass is 10.1. The van der Waals surface area contributed by atoms with Gasteiger partial charge >= 0.3 is 5.97 Å². The minimum atomic E-state index is -0.428. The number of benzene rings is 1. The second kappa shape index (κ2) is 9.53. The van der Waals surface area contributed by atoms with Gasteiger partial charge in [-0.25, -0.2) is 4.79 Å². The molecule has 0 aliphatic carbocycles. The van der Waals surface area contributed by atoms with Crippen molar-refractivity contribution < 1.29 is 24.0 Å². The van der Waals surface area contributed by atoms with E-state index in [2.05, 4.69) is 5.32 Å². The van der Waals surface area contributed by atoms with Crippen LogP contribution in [-0.2, 0) is 16.1 Å². The predicted octanol–water partition coefficient (Wildman–Crippen LogP) is 2.20. The van der Waals surface area contributed by atoms with Crippen LogP contribution in [0, 0.1) is 13.8 Å². The second-order valence-corrected chi connectivity index (χ2v) is 7.64. The quantitative estimate of drug-likeness (QED) is 0.677. The van der Waals surface area contributed by atoms with E-state index in [1.54, 1.807) is 0 Å². The first kappa shape index (κ1) is 20.9. The van der Waals surface area contributed by atoms with E-state index < -0.39 is 5.97 Å². The zero-order valence-corrected chi connectivity index (χ0v) is 17.3. The molecule has 0 fully saturated rings. The van der Waals surface area contributed by atoms with Gasteiger partial charge in [0.05, 0.1) is 26.3 Å². The Morgan fingerprint density at radius 3 is 2.44 bits per heavy atom. The second-order valence-electron chi connectivity index (χ2n) is 6.41. The number of esters is 1. The molecule has 2 rings (SSSR count). The average Bonchev–Trinajstić information content (AvgIpc) is 2.89. The van der Waals surface area contributed by atoms with Gasteiger partial charge in [0.15, 0.2) is 6.54 Å². The summed E-state index contributed by atoms with van der Waals surface area (Å²) in [6.45, 7) is 7.38. The average molecular weight is 392 g/mol. The molecule has 1 atom stereocenters. The molecule has 0 saturated heterocycles. The van der Waals surface area contributed by atoms with E-state index in [1.165, 1.54) is 18.4 Å². The molecule has 7 heteroatoms. The highest BCUT2D eigenvalue weighted by atomic mass is 32.1. The fourth-order valence-electron chi connectivity index (χ4n) is 2.79. The first-order chi connectivity index (χ1) is 12.8. The molecule has 1 unspecified atom stereocenters. The third-order valence-corrected chi connectivity index (χ3v) is 5.35. The van der Waals surface area contributed by atoms with Gasteiger partial charge in [0, 0.05) is 10.4 Å². The normalized spacial score (nSPS) is 11.7. The van der Waals surface area contributed by atoms with Crippen molar-refractivity contribution in [2.24, 2.45) is 0 Å². The van der Waals surface area contributed by atoms with Gasteiger partial charge in [0.1, 0.15) is 17.3 Å². The van der Waals surface area contributed by atoms with Gasteiger partial charge in [-0.1, -0.05) is 0 Å². The molecule has 6 nitrogen and oxygen atoms in total. The molecule has 0 aliphatic rings. The summed E-state index contributed by atoms with van der Waals surface area (Å²) in [5.41, 5.74) is 2.41. The number of hydrogen-bond donors (Lipinski definition) is 2. The molecular weight excluding hydrogens is 364 g/mol. The number of aryl methyl sites for hydroxylation is 1. The van der Waals surface area contributed by atoms with Crippen LogP contribution in [-0.4, -0.2) is 39.2 Å². The van der Waals surface area contributed by atoms with Crippen LogP contribution in [0.3, 0.4) is 0 Å². The van der Waals surface area contributed by atoms with Gasteiger partial charge in [-0.05, 0) is 50.6 Å². The minimum Gasteiger partial charge on any atom is -0.494 e. The monoisotopic (exact) mass is 391 g/mol. The van der Waals surface area contributed by atoms with Crippen molar-refractivity contribution in [2.45, 2.75) is 27.3 Å². The van der Waals surface area contributed by atoms with Crippen molar-refractivity contribution in [3.8, 4) is 5.75 Å². The van der Waals surface area contributed by atoms with Crippen molar-refractivity contribution in [1.29, 1.82) is 0 Å². The number of ether oxygens (including phenoxy) is 2. The molecule has 146 valence electrons. The van der Waals surface area contributed by atoms with Crippen molar-refractivity contribution in [2.75, 3.05) is 32.6 Å². The maximum atomic E-state index is 12.4. The van der Waals surface area contributed by atoms with Crippen LogP contribution < -0.4 is 15.0 Å². The fourth-order valence-corrected chi connectivity index (χ4v) is 3.85. The summed E-state index contributed by atoms with van der Waals surface area (Å²) in [6.07, 6.45) is 0. The Labute approximate surface area is 164 Å². The number of hydrogen-bond acceptors (Lipinski definition) is 5. The topological polar surface area (TPSA) is 69.1 Å². The molecule has 1 aromatic carbocycles. The number of quaternary nitrogens is 1. The van der Waals surface area contributed by atoms with E-state index in [-0.39, 0.29) is 5.91 Å². The van der Waals surface area contributed by atoms with Gasteiger partial charge in [-0.2, -0.15) is 0 Å². The number of carbonyl (C=O) groups excluding carboxylic acids is 2. The van der Waals surface area contributed by atoms with Gasteiger partial charge in [-0.15, -0.1) is 11.3 Å². The zero-order valence-electron chi connectivity index (χ0n) is 16.5. The SMILES string of the molecule is CCOc1ccc(C[NH+](C)CC(=O)Nc2sc(C)c(C)c2C(=O)OC)cc1. The van der Waals surface area contributed by atoms with Gasteiger partial charge in [-0.3, -0.25) is 4.79 Å². The zero-order chi connectivity index (χ0) is 20.0. The Bertz CT molecular complexity index is 799. The van der Waals surface area contributed by atoms with E-state index in [0.717, 1.165) is 26.7 Å². The molecule has 0 radical (unpaired) electrons. The number of rotatable bonds is 8. The standard InChI is InChI=1S/C20H26N2O4S/c1-6-26-16-9-7-15(8-10-16)11-22(4)12-17(23)21-19-18(20(24)25-5)13(2)14(3)27-19/h7-10H,6,11-12H2,1-5H3,(H,21,23)/p+1. The molecular formula is C20H27N2O4S+. The molecule has 1 aromatic heterocycles. The molecule has 0 saturated carbocycles. The Kier molecular flexibility index (Phi) is 7.38. The molecule has 0 spiro atoms. The number of carbonyl (C=O) groups is 2. The van der Waals surface area contributed by atoms with Crippen LogP contribution in [0.25, 0.3) is 0 Å². The number of nitrogens with one attached hydrogen (secondary N) is 2. The van der Waals surface area contributed by atoms with Crippen LogP contribution in [0.1, 0.15) is 33.3 Å². The number of methoxy groups -OCH3 is 1. The van der Waals surface area contributed by atoms with Gasteiger partial charge in [0.2, 0.25) is 0 Å². The lowest BCUT2D eigenvalue weighted by Crippen LogP contribution is -3.08. The van der Waals surface area contributed by atoms with E-state index in [0.29, 0.717) is 30.3 Å². The summed E-state index contributed by atoms with van der Waals surface area (Å²) in [5.74, 6) is 0.280. The molecule has 1 amide bonds. The highest BCUT2D eigenvalue weighted by molar-refractivity contribution is 7.16. The first-order valence-corrected chi connectivity index (χ1v) is 9.68. The lowest BCUT2D eigenvalue weighted by molar-refractivity contribution is -0.885. The van der Waals surface area contributed by atoms with E-state index in [4.69, 9.17) is 9.47 Å². The first-order valence-electron chi connectivity index (χ1n) is 8.86. The smallest absolute Gasteiger partial charge is 0.341 e. The minimum absolute atomic E-state index is 0.134. The van der Waals surface area contributed by atoms with Crippen molar-refractivity contribution in [3.63, 3.8) is 0 Å². The molecule has 2 aromatic rings. The number of thiophene rings is 1. The third kappa shape index (κ3) is 5.55. The van der Waals surface area contributed by atoms with Crippen molar-refractivity contribution in [1.82, 2.24) is 0 Å². The van der Waals surface area contributed by atoms with E-state index >= 15 is 0 Å². The highest BCUT2D eigenvalue weighted by Gasteiger charge is 2.22. The maximum Gasteiger partial charge on any atom is 0.341 e. The maximum absolute atomic E-state index is 12.4. The van der Waals surface area contributed by atoms with Crippen LogP contribution in [0.2, 0.25) is 0 Å². The number of amides is 1. The number of anilines is 1. The summed E-state index contributed by atoms with van der Waals surface area (Å²) in [6, 6.07) is 7.89. The van der Waals surface area contributed by atoms with Crippen molar-refractivity contribution in [3.05, 3.63) is 45.8 Å². The summed E-state index contributed by atoms with van der Waals surface area (Å²) >= 11 is 1.39. The van der Waals surface area contributed by atoms with E-state index in [1.807, 2.05) is 52.1 Å². The molecule has 1 heterocycles. The molecule has 0 aliphatic heterocycles. The summed E-state index contributed by atoms with van der Waals surface area (Å²) in [4.78, 5) is 26.5.